The Morgan fingerprint density at radius 2 is 1.65 bits per heavy atom. The van der Waals surface area contributed by atoms with Crippen LogP contribution in [0.25, 0.3) is 16.5 Å². The Bertz CT molecular complexity index is 465. The van der Waals surface area contributed by atoms with E-state index in [0.29, 0.717) is 6.42 Å². The minimum absolute atomic E-state index is 0. The van der Waals surface area contributed by atoms with Gasteiger partial charge in [0.25, 0.3) is 0 Å². The van der Waals surface area contributed by atoms with Crippen molar-refractivity contribution in [3.05, 3.63) is 62.5 Å². The summed E-state index contributed by atoms with van der Waals surface area (Å²) >= 11 is -1.64. The van der Waals surface area contributed by atoms with E-state index in [1.165, 1.54) is 10.8 Å². The second-order valence-electron chi connectivity index (χ2n) is 5.32. The topological polar surface area (TPSA) is 44.0 Å². The van der Waals surface area contributed by atoms with Crippen LogP contribution in [0.1, 0.15) is 27.2 Å². The van der Waals surface area contributed by atoms with Crippen molar-refractivity contribution in [2.75, 3.05) is 6.61 Å². The maximum Gasteiger partial charge on any atom is -0.0809 e. The summed E-state index contributed by atoms with van der Waals surface area (Å²) in [5, 5.41) is 10.5. The molecule has 0 aliphatic rings. The predicted molar refractivity (Wildman–Crippen MR) is 106 cm³/mol. The van der Waals surface area contributed by atoms with Crippen LogP contribution < -0.4 is 0 Å². The number of hydrogen-bond acceptors (Lipinski definition) is 1. The van der Waals surface area contributed by atoms with Gasteiger partial charge in [-0.15, -0.1) is 35.2 Å². The summed E-state index contributed by atoms with van der Waals surface area (Å²) in [4.78, 5) is 3.34. The molecule has 0 bridgehead atoms. The van der Waals surface area contributed by atoms with E-state index in [4.69, 9.17) is 29.5 Å². The molecule has 2 aromatic carbocycles. The van der Waals surface area contributed by atoms with Crippen molar-refractivity contribution in [2.24, 2.45) is 0 Å². The molecule has 0 saturated heterocycles. The molecule has 5 heteroatoms. The Kier molecular flexibility index (Phi) is 20.2. The molecule has 2 aromatic rings. The third-order valence-electron chi connectivity index (χ3n) is 1.71. The average Bonchev–Trinajstić information content (AvgIpc) is 2.84. The summed E-state index contributed by atoms with van der Waals surface area (Å²) in [6.45, 7) is 9.12. The summed E-state index contributed by atoms with van der Waals surface area (Å²) in [7, 11) is 10.2. The van der Waals surface area contributed by atoms with Crippen LogP contribution in [0.3, 0.4) is 0 Å². The standard InChI is InChI=1S/C9H7.C4H10N.C3H7O.CH3.CH2.2ClH.Ti/c1-2-5-9-7-3-6-8(9)4-1;1-4(2,3)5;1-2-3-4;;;;;/h1-7H;5H,1-3H3;4H,1-3H2;1H3;1H2;2*1H;/q4*-1;;;;+2/p-2. The molecule has 0 radical (unpaired) electrons. The van der Waals surface area contributed by atoms with Crippen molar-refractivity contribution >= 4 is 34.2 Å². The number of rotatable bonds is 1. The van der Waals surface area contributed by atoms with Gasteiger partial charge >= 0.3 is 38.7 Å². The van der Waals surface area contributed by atoms with E-state index in [-0.39, 0.29) is 19.6 Å². The van der Waals surface area contributed by atoms with Crippen molar-refractivity contribution in [3.63, 3.8) is 0 Å². The largest absolute Gasteiger partial charge is 0.358 e. The number of fused-ring (bicyclic) bond motifs is 1. The number of halogens is 2. The molecular formula is C18H29Cl2NOTi-4. The van der Waals surface area contributed by atoms with Gasteiger partial charge in [0.15, 0.2) is 0 Å². The molecule has 0 aliphatic carbocycles. The van der Waals surface area contributed by atoms with Gasteiger partial charge in [0.2, 0.25) is 0 Å². The number of aliphatic hydroxyl groups excluding tert-OH is 1. The molecule has 0 unspecified atom stereocenters. The molecule has 0 saturated carbocycles. The Hall–Kier alpha value is -0.0857. The minimum atomic E-state index is -1.64. The van der Waals surface area contributed by atoms with Gasteiger partial charge in [0.05, 0.1) is 0 Å². The first-order valence-electron chi connectivity index (χ1n) is 6.87. The first-order chi connectivity index (χ1) is 10.1. The maximum absolute atomic E-state index is 7.81. The molecule has 0 spiro atoms. The van der Waals surface area contributed by atoms with Crippen molar-refractivity contribution in [1.29, 1.82) is 0 Å². The minimum Gasteiger partial charge on any atom is -0.358 e. The summed E-state index contributed by atoms with van der Waals surface area (Å²) in [5.41, 5.74) is 6.69. The predicted octanol–water partition coefficient (Wildman–Crippen LogP) is 6.39. The first kappa shape index (κ1) is 27.7. The van der Waals surface area contributed by atoms with Gasteiger partial charge in [-0.2, -0.15) is 23.9 Å². The molecule has 0 amide bonds. The normalized spacial score (nSPS) is 9.04. The Labute approximate surface area is 156 Å². The van der Waals surface area contributed by atoms with E-state index < -0.39 is 15.3 Å². The van der Waals surface area contributed by atoms with Gasteiger partial charge in [-0.1, -0.05) is 26.8 Å². The molecule has 0 aliphatic heterocycles. The van der Waals surface area contributed by atoms with E-state index in [0.717, 1.165) is 0 Å². The fraction of sp³-hybridized carbons (Fsp3) is 0.333. The summed E-state index contributed by atoms with van der Waals surface area (Å²) in [5.74, 6) is 0. The van der Waals surface area contributed by atoms with Crippen molar-refractivity contribution in [2.45, 2.75) is 32.7 Å². The molecule has 2 N–H and O–H groups in total. The molecular weight excluding hydrogens is 365 g/mol. The second kappa shape index (κ2) is 16.8. The van der Waals surface area contributed by atoms with Crippen LogP contribution in [0, 0.1) is 14.4 Å². The third-order valence-corrected chi connectivity index (χ3v) is 1.71. The molecule has 0 atom stereocenters. The Morgan fingerprint density at radius 1 is 1.26 bits per heavy atom. The van der Waals surface area contributed by atoms with Crippen molar-refractivity contribution in [3.8, 4) is 0 Å². The molecule has 0 aromatic heterocycles. The van der Waals surface area contributed by atoms with Gasteiger partial charge in [0, 0.05) is 6.61 Å². The van der Waals surface area contributed by atoms with Crippen LogP contribution in [0.4, 0.5) is 0 Å². The quantitative estimate of drug-likeness (QED) is 0.442. The zero-order chi connectivity index (χ0) is 17.6. The van der Waals surface area contributed by atoms with E-state index in [1.807, 2.05) is 20.8 Å². The molecule has 134 valence electrons. The molecule has 0 fully saturated rings. The average molecular weight is 394 g/mol. The fourth-order valence-corrected chi connectivity index (χ4v) is 1.07. The summed E-state index contributed by atoms with van der Waals surface area (Å²) < 4.78 is 0. The number of benzene rings is 1. The first-order valence-corrected chi connectivity index (χ1v) is 12.3. The summed E-state index contributed by atoms with van der Waals surface area (Å²) in [6, 6.07) is 14.7. The number of nitrogens with one attached hydrogen (secondary N) is 1. The molecule has 23 heavy (non-hydrogen) atoms. The van der Waals surface area contributed by atoms with Gasteiger partial charge in [-0.3, -0.25) is 0 Å². The van der Waals surface area contributed by atoms with Crippen LogP contribution in [0.2, 0.25) is 0 Å². The number of hydrogen-bond donors (Lipinski definition) is 1. The smallest absolute Gasteiger partial charge is 0.0809 e. The van der Waals surface area contributed by atoms with Crippen LogP contribution >= 0.6 is 18.6 Å². The van der Waals surface area contributed by atoms with Crippen LogP contribution in [-0.4, -0.2) is 22.1 Å². The second-order valence-corrected chi connectivity index (χ2v) is 10.9. The zero-order valence-corrected chi connectivity index (χ0v) is 17.6. The van der Waals surface area contributed by atoms with Gasteiger partial charge in [0.1, 0.15) is 0 Å². The number of aliphatic hydroxyl groups is 1. The molecule has 2 rings (SSSR count). The third kappa shape index (κ3) is 27.1. The molecule has 0 heterocycles. The van der Waals surface area contributed by atoms with E-state index in [1.54, 1.807) is 0 Å². The van der Waals surface area contributed by atoms with E-state index in [2.05, 4.69) is 54.2 Å². The van der Waals surface area contributed by atoms with E-state index in [9.17, 15) is 0 Å². The summed E-state index contributed by atoms with van der Waals surface area (Å²) in [6.07, 6.45) is 0.625. The maximum atomic E-state index is 7.81. The zero-order valence-electron chi connectivity index (χ0n) is 14.6. The van der Waals surface area contributed by atoms with Crippen LogP contribution in [0.5, 0.6) is 0 Å². The Morgan fingerprint density at radius 3 is 2.00 bits per heavy atom. The van der Waals surface area contributed by atoms with Gasteiger partial charge in [-0.25, -0.2) is 0 Å². The van der Waals surface area contributed by atoms with Crippen molar-refractivity contribution < 1.29 is 20.4 Å². The van der Waals surface area contributed by atoms with Crippen molar-refractivity contribution in [1.82, 2.24) is 0 Å². The van der Waals surface area contributed by atoms with Crippen LogP contribution in [0.15, 0.2) is 42.5 Å². The van der Waals surface area contributed by atoms with E-state index >= 15 is 0 Å². The molecule has 2 nitrogen and oxygen atoms in total. The SMILES string of the molecule is CC(C)(C)[NH-].[CH2-]CCO.[CH2]=[Ti]([Cl])[Cl].[CH3-].c1ccc2[cH-]ccc2c1. The van der Waals surface area contributed by atoms with Gasteiger partial charge < -0.3 is 25.2 Å². The van der Waals surface area contributed by atoms with Gasteiger partial charge in [-0.05, 0) is 0 Å². The Balaban J connectivity index is -0.000000250. The fourth-order valence-electron chi connectivity index (χ4n) is 1.07. The monoisotopic (exact) mass is 393 g/mol. The van der Waals surface area contributed by atoms with Crippen LogP contribution in [-0.2, 0) is 15.3 Å².